The number of esters is 1. The fraction of sp³-hybridized carbons (Fsp3) is 0.158. The van der Waals surface area contributed by atoms with Gasteiger partial charge in [0.05, 0.1) is 23.3 Å². The van der Waals surface area contributed by atoms with Crippen molar-refractivity contribution in [3.05, 3.63) is 71.7 Å². The molecule has 6 nitrogen and oxygen atoms in total. The summed E-state index contributed by atoms with van der Waals surface area (Å²) < 4.78 is 6.85. The average molecular weight is 332 g/mol. The number of fused-ring (bicyclic) bond motifs is 3. The lowest BCUT2D eigenvalue weighted by molar-refractivity contribution is 0.0511. The number of carbonyl (C=O) groups excluding carboxylic acids is 1. The van der Waals surface area contributed by atoms with Gasteiger partial charge in [-0.05, 0) is 24.6 Å². The number of aromatic nitrogens is 4. The highest BCUT2D eigenvalue weighted by Crippen LogP contribution is 2.21. The van der Waals surface area contributed by atoms with Gasteiger partial charge in [0.1, 0.15) is 0 Å². The minimum atomic E-state index is -0.489. The lowest BCUT2D eigenvalue weighted by Gasteiger charge is -2.08. The molecule has 0 radical (unpaired) electrons. The zero-order chi connectivity index (χ0) is 17.2. The van der Waals surface area contributed by atoms with Crippen LogP contribution in [0.25, 0.3) is 16.7 Å². The molecule has 0 saturated carbocycles. The van der Waals surface area contributed by atoms with E-state index < -0.39 is 5.97 Å². The minimum absolute atomic E-state index is 0.171. The summed E-state index contributed by atoms with van der Waals surface area (Å²) in [6.07, 6.45) is 0.607. The van der Waals surface area contributed by atoms with Gasteiger partial charge in [-0.1, -0.05) is 42.5 Å². The Hall–Kier alpha value is -3.28. The van der Waals surface area contributed by atoms with Crippen molar-refractivity contribution in [1.29, 1.82) is 0 Å². The summed E-state index contributed by atoms with van der Waals surface area (Å²) in [6.45, 7) is 2.05. The van der Waals surface area contributed by atoms with Gasteiger partial charge in [-0.3, -0.25) is 4.40 Å². The first-order valence-electron chi connectivity index (χ1n) is 8.11. The van der Waals surface area contributed by atoms with Crippen molar-refractivity contribution in [2.45, 2.75) is 13.3 Å². The van der Waals surface area contributed by atoms with Crippen LogP contribution in [0.5, 0.6) is 0 Å². The molecule has 0 amide bonds. The molecule has 2 aromatic heterocycles. The Bertz CT molecular complexity index is 1060. The molecule has 0 unspecified atom stereocenters. The van der Waals surface area contributed by atoms with Crippen molar-refractivity contribution in [1.82, 2.24) is 19.6 Å². The highest BCUT2D eigenvalue weighted by molar-refractivity contribution is 5.90. The highest BCUT2D eigenvalue weighted by Gasteiger charge is 2.20. The summed E-state index contributed by atoms with van der Waals surface area (Å²) in [7, 11) is 0. The quantitative estimate of drug-likeness (QED) is 0.537. The van der Waals surface area contributed by atoms with Gasteiger partial charge in [-0.15, -0.1) is 10.2 Å². The van der Waals surface area contributed by atoms with Crippen LogP contribution in [0.4, 0.5) is 0 Å². The van der Waals surface area contributed by atoms with E-state index in [4.69, 9.17) is 9.72 Å². The van der Waals surface area contributed by atoms with Gasteiger partial charge in [-0.25, -0.2) is 9.78 Å². The summed E-state index contributed by atoms with van der Waals surface area (Å²) >= 11 is 0. The molecule has 0 bridgehead atoms. The third-order valence-corrected chi connectivity index (χ3v) is 3.97. The van der Waals surface area contributed by atoms with E-state index in [1.54, 1.807) is 11.3 Å². The van der Waals surface area contributed by atoms with Crippen LogP contribution in [0.2, 0.25) is 0 Å². The second kappa shape index (κ2) is 6.32. The SMILES string of the molecule is CCOC(=O)c1nnc2c(Cc3ccccc3)nc3ccccc3n12. The molecule has 124 valence electrons. The first-order chi connectivity index (χ1) is 12.3. The number of hydrogen-bond acceptors (Lipinski definition) is 5. The molecule has 0 spiro atoms. The third-order valence-electron chi connectivity index (χ3n) is 3.97. The van der Waals surface area contributed by atoms with Gasteiger partial charge in [0, 0.05) is 6.42 Å². The molecule has 4 aromatic rings. The summed E-state index contributed by atoms with van der Waals surface area (Å²) in [5, 5.41) is 8.28. The van der Waals surface area contributed by atoms with Crippen molar-refractivity contribution in [3.8, 4) is 0 Å². The Morgan fingerprint density at radius 1 is 1.04 bits per heavy atom. The zero-order valence-electron chi connectivity index (χ0n) is 13.7. The predicted octanol–water partition coefficient (Wildman–Crippen LogP) is 3.05. The Labute approximate surface area is 144 Å². The maximum absolute atomic E-state index is 12.3. The van der Waals surface area contributed by atoms with Crippen LogP contribution in [0.3, 0.4) is 0 Å². The fourth-order valence-electron chi connectivity index (χ4n) is 2.88. The van der Waals surface area contributed by atoms with E-state index in [1.807, 2.05) is 54.6 Å². The summed E-state index contributed by atoms with van der Waals surface area (Å²) in [5.41, 5.74) is 4.03. The van der Waals surface area contributed by atoms with Gasteiger partial charge in [0.2, 0.25) is 5.82 Å². The van der Waals surface area contributed by atoms with Crippen LogP contribution >= 0.6 is 0 Å². The summed E-state index contributed by atoms with van der Waals surface area (Å²) in [4.78, 5) is 17.0. The maximum Gasteiger partial charge on any atom is 0.376 e. The lowest BCUT2D eigenvalue weighted by atomic mass is 10.1. The number of benzene rings is 2. The van der Waals surface area contributed by atoms with E-state index in [0.29, 0.717) is 12.1 Å². The van der Waals surface area contributed by atoms with Crippen LogP contribution in [0, 0.1) is 0 Å². The standard InChI is InChI=1S/C19H16N4O2/c1-2-25-19(24)18-22-21-17-15(12-13-8-4-3-5-9-13)20-14-10-6-7-11-16(14)23(17)18/h3-11H,2,12H2,1H3. The molecule has 2 aromatic carbocycles. The number of nitrogens with zero attached hydrogens (tertiary/aromatic N) is 4. The van der Waals surface area contributed by atoms with Crippen LogP contribution in [-0.2, 0) is 11.2 Å². The Morgan fingerprint density at radius 3 is 2.60 bits per heavy atom. The van der Waals surface area contributed by atoms with Gasteiger partial charge in [0.15, 0.2) is 5.65 Å². The first-order valence-corrected chi connectivity index (χ1v) is 8.11. The molecule has 0 aliphatic heterocycles. The zero-order valence-corrected chi connectivity index (χ0v) is 13.7. The molecule has 0 saturated heterocycles. The smallest absolute Gasteiger partial charge is 0.376 e. The number of carbonyl (C=O) groups is 1. The molecule has 4 rings (SSSR count). The van der Waals surface area contributed by atoms with E-state index in [-0.39, 0.29) is 12.4 Å². The third kappa shape index (κ3) is 2.71. The fourth-order valence-corrected chi connectivity index (χ4v) is 2.88. The molecule has 25 heavy (non-hydrogen) atoms. The van der Waals surface area contributed by atoms with E-state index in [2.05, 4.69) is 10.2 Å². The monoisotopic (exact) mass is 332 g/mol. The number of ether oxygens (including phenoxy) is 1. The van der Waals surface area contributed by atoms with E-state index in [9.17, 15) is 4.79 Å². The molecule has 6 heteroatoms. The largest absolute Gasteiger partial charge is 0.460 e. The van der Waals surface area contributed by atoms with E-state index in [0.717, 1.165) is 22.3 Å². The molecule has 2 heterocycles. The van der Waals surface area contributed by atoms with Gasteiger partial charge < -0.3 is 4.74 Å². The molecule has 0 aliphatic rings. The molecular formula is C19H16N4O2. The normalized spacial score (nSPS) is 11.1. The van der Waals surface area contributed by atoms with E-state index in [1.165, 1.54) is 0 Å². The highest BCUT2D eigenvalue weighted by atomic mass is 16.5. The van der Waals surface area contributed by atoms with Gasteiger partial charge in [-0.2, -0.15) is 0 Å². The van der Waals surface area contributed by atoms with Crippen molar-refractivity contribution in [2.75, 3.05) is 6.61 Å². The second-order valence-corrected chi connectivity index (χ2v) is 5.61. The topological polar surface area (TPSA) is 69.4 Å². The Balaban J connectivity index is 1.95. The van der Waals surface area contributed by atoms with Crippen molar-refractivity contribution in [2.24, 2.45) is 0 Å². The van der Waals surface area contributed by atoms with Crippen molar-refractivity contribution in [3.63, 3.8) is 0 Å². The van der Waals surface area contributed by atoms with Crippen molar-refractivity contribution < 1.29 is 9.53 Å². The molecule has 0 fully saturated rings. The summed E-state index contributed by atoms with van der Waals surface area (Å²) in [6, 6.07) is 17.7. The molecule has 0 aliphatic carbocycles. The Morgan fingerprint density at radius 2 is 1.80 bits per heavy atom. The molecule has 0 N–H and O–H groups in total. The average Bonchev–Trinajstić information content (AvgIpc) is 3.09. The predicted molar refractivity (Wildman–Crippen MR) is 93.5 cm³/mol. The van der Waals surface area contributed by atoms with Crippen LogP contribution in [0.1, 0.15) is 28.8 Å². The van der Waals surface area contributed by atoms with Crippen LogP contribution in [0.15, 0.2) is 54.6 Å². The Kier molecular flexibility index (Phi) is 3.85. The van der Waals surface area contributed by atoms with Crippen LogP contribution in [-0.4, -0.2) is 32.2 Å². The van der Waals surface area contributed by atoms with Gasteiger partial charge in [0.25, 0.3) is 0 Å². The van der Waals surface area contributed by atoms with Gasteiger partial charge >= 0.3 is 5.97 Å². The molecule has 0 atom stereocenters. The van der Waals surface area contributed by atoms with Crippen molar-refractivity contribution >= 4 is 22.6 Å². The first kappa shape index (κ1) is 15.3. The molecular weight excluding hydrogens is 316 g/mol. The number of para-hydroxylation sites is 2. The number of rotatable bonds is 4. The number of hydrogen-bond donors (Lipinski definition) is 0. The maximum atomic E-state index is 12.3. The lowest BCUT2D eigenvalue weighted by Crippen LogP contribution is -2.11. The second-order valence-electron chi connectivity index (χ2n) is 5.61. The minimum Gasteiger partial charge on any atom is -0.460 e. The van der Waals surface area contributed by atoms with Crippen LogP contribution < -0.4 is 0 Å². The summed E-state index contributed by atoms with van der Waals surface area (Å²) in [5.74, 6) is -0.318. The van der Waals surface area contributed by atoms with E-state index >= 15 is 0 Å².